The first-order chi connectivity index (χ1) is 8.98. The van der Waals surface area contributed by atoms with Gasteiger partial charge in [0.05, 0.1) is 13.8 Å². The highest BCUT2D eigenvalue weighted by Crippen LogP contribution is 2.20. The summed E-state index contributed by atoms with van der Waals surface area (Å²) in [6.45, 7) is 7.04. The molecule has 0 rings (SSSR count). The molecular weight excluding hydrogens is 272 g/mol. The summed E-state index contributed by atoms with van der Waals surface area (Å²) in [6.07, 6.45) is 11.0. The van der Waals surface area contributed by atoms with Crippen LogP contribution in [-0.4, -0.2) is 30.3 Å². The highest BCUT2D eigenvalue weighted by Gasteiger charge is 2.20. The van der Waals surface area contributed by atoms with Crippen molar-refractivity contribution in [3.63, 3.8) is 0 Å². The van der Waals surface area contributed by atoms with Crippen LogP contribution >= 0.6 is 11.8 Å². The Morgan fingerprint density at radius 1 is 1.00 bits per heavy atom. The van der Waals surface area contributed by atoms with Crippen LogP contribution in [0.15, 0.2) is 0 Å². The van der Waals surface area contributed by atoms with Crippen molar-refractivity contribution in [3.8, 4) is 0 Å². The fourth-order valence-electron chi connectivity index (χ4n) is 2.22. The van der Waals surface area contributed by atoms with E-state index in [1.54, 1.807) is 11.8 Å². The molecule has 4 heteroatoms. The van der Waals surface area contributed by atoms with Gasteiger partial charge < -0.3 is 5.11 Å². The van der Waals surface area contributed by atoms with E-state index in [2.05, 4.69) is 20.0 Å². The van der Waals surface area contributed by atoms with E-state index in [0.717, 1.165) is 5.38 Å². The summed E-state index contributed by atoms with van der Waals surface area (Å²) in [6, 6.07) is 1.36. The highest BCUT2D eigenvalue weighted by molar-refractivity contribution is 8.01. The molecule has 0 spiro atoms. The number of unbranched alkanes of at least 4 members (excludes halogenated alkanes) is 7. The van der Waals surface area contributed by atoms with Gasteiger partial charge in [-0.25, -0.2) is 0 Å². The van der Waals surface area contributed by atoms with Crippen molar-refractivity contribution in [1.29, 1.82) is 0 Å². The smallest absolute Gasteiger partial charge is 0.313 e. The van der Waals surface area contributed by atoms with Crippen LogP contribution in [0.5, 0.6) is 0 Å². The molecule has 0 fully saturated rings. The number of thioether (sulfide) groups is 1. The average Bonchev–Trinajstić information content (AvgIpc) is 2.31. The number of rotatable bonds is 13. The zero-order valence-electron chi connectivity index (χ0n) is 13.0. The number of hydrogen-bond acceptors (Lipinski definition) is 2. The maximum atomic E-state index is 10.5. The molecule has 0 saturated carbocycles. The molecule has 1 N–H and O–H groups in total. The topological polar surface area (TPSA) is 37.3 Å². The second-order valence-corrected chi connectivity index (χ2v) is 13.0. The molecule has 0 radical (unpaired) electrons. The van der Waals surface area contributed by atoms with Gasteiger partial charge >= 0.3 is 5.97 Å². The third-order valence-corrected chi connectivity index (χ3v) is 9.53. The van der Waals surface area contributed by atoms with E-state index in [4.69, 9.17) is 5.11 Å². The van der Waals surface area contributed by atoms with Crippen LogP contribution in [-0.2, 0) is 4.79 Å². The molecule has 0 unspecified atom stereocenters. The normalized spacial score (nSPS) is 11.7. The molecular formula is C15H32O2SSi. The van der Waals surface area contributed by atoms with Gasteiger partial charge in [0, 0.05) is 0 Å². The van der Waals surface area contributed by atoms with Gasteiger partial charge in [-0.2, -0.15) is 11.8 Å². The average molecular weight is 305 g/mol. The fourth-order valence-corrected chi connectivity index (χ4v) is 6.80. The molecule has 0 bridgehead atoms. The Hall–Kier alpha value is 0.0369. The van der Waals surface area contributed by atoms with Gasteiger partial charge in [0.2, 0.25) is 0 Å². The van der Waals surface area contributed by atoms with E-state index < -0.39 is 14.0 Å². The molecule has 0 heterocycles. The maximum Gasteiger partial charge on any atom is 0.313 e. The molecule has 0 aliphatic carbocycles. The van der Waals surface area contributed by atoms with Crippen molar-refractivity contribution < 1.29 is 9.90 Å². The summed E-state index contributed by atoms with van der Waals surface area (Å²) in [5.74, 6) is -0.407. The number of hydrogen-bond donors (Lipinski definition) is 1. The Labute approximate surface area is 124 Å². The fraction of sp³-hybridized carbons (Fsp3) is 0.933. The second-order valence-electron chi connectivity index (χ2n) is 6.28. The van der Waals surface area contributed by atoms with Gasteiger partial charge in [-0.1, -0.05) is 77.4 Å². The number of aliphatic carboxylic acids is 1. The summed E-state index contributed by atoms with van der Waals surface area (Å²) in [5.41, 5.74) is 0. The minimum atomic E-state index is -1.15. The first-order valence-corrected chi connectivity index (χ1v) is 12.3. The minimum Gasteiger partial charge on any atom is -0.481 e. The van der Waals surface area contributed by atoms with Gasteiger partial charge in [0.25, 0.3) is 0 Å². The van der Waals surface area contributed by atoms with Crippen LogP contribution in [0.2, 0.25) is 19.1 Å². The SMILES string of the molecule is CCCCCCCCCC[Si](C)(C)CSCC(=O)O. The lowest BCUT2D eigenvalue weighted by Gasteiger charge is -2.21. The largest absolute Gasteiger partial charge is 0.481 e. The van der Waals surface area contributed by atoms with Crippen LogP contribution in [0.4, 0.5) is 0 Å². The predicted octanol–water partition coefficient (Wildman–Crippen LogP) is 5.19. The Bertz CT molecular complexity index is 232. The molecule has 19 heavy (non-hydrogen) atoms. The van der Waals surface area contributed by atoms with Crippen molar-refractivity contribution in [3.05, 3.63) is 0 Å². The highest BCUT2D eigenvalue weighted by atomic mass is 32.2. The zero-order valence-corrected chi connectivity index (χ0v) is 14.9. The summed E-state index contributed by atoms with van der Waals surface area (Å²) in [5, 5.41) is 9.73. The molecule has 0 aromatic rings. The Kier molecular flexibility index (Phi) is 11.9. The molecule has 2 nitrogen and oxygen atoms in total. The van der Waals surface area contributed by atoms with Gasteiger partial charge in [0.1, 0.15) is 0 Å². The maximum absolute atomic E-state index is 10.5. The minimum absolute atomic E-state index is 0.272. The lowest BCUT2D eigenvalue weighted by molar-refractivity contribution is -0.133. The predicted molar refractivity (Wildman–Crippen MR) is 89.9 cm³/mol. The number of carboxylic acid groups (broad SMARTS) is 1. The molecule has 0 aliphatic heterocycles. The van der Waals surface area contributed by atoms with Crippen LogP contribution < -0.4 is 0 Å². The van der Waals surface area contributed by atoms with Crippen molar-refractivity contribution in [2.75, 3.05) is 11.1 Å². The second kappa shape index (κ2) is 11.8. The summed E-state index contributed by atoms with van der Waals surface area (Å²) < 4.78 is 0. The van der Waals surface area contributed by atoms with E-state index in [9.17, 15) is 4.79 Å². The van der Waals surface area contributed by atoms with E-state index in [1.165, 1.54) is 57.4 Å². The molecule has 0 aromatic carbocycles. The van der Waals surface area contributed by atoms with Gasteiger partial charge in [-0.3, -0.25) is 4.79 Å². The van der Waals surface area contributed by atoms with Crippen molar-refractivity contribution >= 4 is 25.8 Å². The summed E-state index contributed by atoms with van der Waals surface area (Å²) in [4.78, 5) is 10.5. The molecule has 0 aromatic heterocycles. The lowest BCUT2D eigenvalue weighted by atomic mass is 10.1. The number of carbonyl (C=O) groups is 1. The van der Waals surface area contributed by atoms with Crippen molar-refractivity contribution in [2.24, 2.45) is 0 Å². The zero-order chi connectivity index (χ0) is 14.6. The summed E-state index contributed by atoms with van der Waals surface area (Å²) in [7, 11) is -1.15. The van der Waals surface area contributed by atoms with Crippen molar-refractivity contribution in [1.82, 2.24) is 0 Å². The van der Waals surface area contributed by atoms with E-state index in [-0.39, 0.29) is 5.75 Å². The lowest BCUT2D eigenvalue weighted by Crippen LogP contribution is -2.29. The monoisotopic (exact) mass is 304 g/mol. The quantitative estimate of drug-likeness (QED) is 0.376. The third-order valence-electron chi connectivity index (χ3n) is 3.43. The van der Waals surface area contributed by atoms with Crippen LogP contribution in [0.1, 0.15) is 58.3 Å². The van der Waals surface area contributed by atoms with E-state index in [1.807, 2.05) is 0 Å². The molecule has 114 valence electrons. The molecule has 0 amide bonds. The van der Waals surface area contributed by atoms with Gasteiger partial charge in [-0.05, 0) is 5.38 Å². The van der Waals surface area contributed by atoms with E-state index in [0.29, 0.717) is 0 Å². The summed E-state index contributed by atoms with van der Waals surface area (Å²) >= 11 is 1.61. The standard InChI is InChI=1S/C15H32O2SSi/c1-4-5-6-7-8-9-10-11-12-19(2,3)14-18-13-15(16)17/h4-14H2,1-3H3,(H,16,17). The molecule has 0 saturated heterocycles. The first kappa shape index (κ1) is 19.0. The molecule has 0 aliphatic rings. The van der Waals surface area contributed by atoms with Crippen molar-refractivity contribution in [2.45, 2.75) is 77.4 Å². The Balaban J connectivity index is 3.39. The number of carboxylic acids is 1. The Morgan fingerprint density at radius 3 is 2.05 bits per heavy atom. The molecule has 0 atom stereocenters. The van der Waals surface area contributed by atoms with Crippen LogP contribution in [0.3, 0.4) is 0 Å². The van der Waals surface area contributed by atoms with Gasteiger partial charge in [-0.15, -0.1) is 0 Å². The van der Waals surface area contributed by atoms with Gasteiger partial charge in [0.15, 0.2) is 0 Å². The van der Waals surface area contributed by atoms with Crippen LogP contribution in [0, 0.1) is 0 Å². The van der Waals surface area contributed by atoms with Crippen LogP contribution in [0.25, 0.3) is 0 Å². The first-order valence-electron chi connectivity index (χ1n) is 7.77. The Morgan fingerprint density at radius 2 is 1.53 bits per heavy atom. The third kappa shape index (κ3) is 14.3. The van der Waals surface area contributed by atoms with E-state index >= 15 is 0 Å².